The van der Waals surface area contributed by atoms with Crippen LogP contribution in [0.1, 0.15) is 29.2 Å². The van der Waals surface area contributed by atoms with E-state index in [0.29, 0.717) is 24.5 Å². The van der Waals surface area contributed by atoms with Gasteiger partial charge in [-0.25, -0.2) is 0 Å². The molecule has 0 spiro atoms. The molecule has 0 bridgehead atoms. The molecule has 1 aliphatic heterocycles. The van der Waals surface area contributed by atoms with Crippen LogP contribution in [0.5, 0.6) is 17.2 Å². The first kappa shape index (κ1) is 20.5. The van der Waals surface area contributed by atoms with Crippen molar-refractivity contribution in [2.75, 3.05) is 27.9 Å². The largest absolute Gasteiger partial charge is 0.497 e. The predicted octanol–water partition coefficient (Wildman–Crippen LogP) is 2.86. The molecule has 0 saturated heterocycles. The van der Waals surface area contributed by atoms with Gasteiger partial charge in [0, 0.05) is 6.54 Å². The Kier molecular flexibility index (Phi) is 6.26. The first-order valence-electron chi connectivity index (χ1n) is 9.35. The van der Waals surface area contributed by atoms with Crippen molar-refractivity contribution in [1.82, 2.24) is 4.90 Å². The topological polar surface area (TPSA) is 85.3 Å². The first-order chi connectivity index (χ1) is 14.0. The van der Waals surface area contributed by atoms with Crippen molar-refractivity contribution >= 4 is 11.9 Å². The van der Waals surface area contributed by atoms with Crippen molar-refractivity contribution in [2.24, 2.45) is 0 Å². The average molecular weight is 399 g/mol. The van der Waals surface area contributed by atoms with Crippen LogP contribution in [0.4, 0.5) is 0 Å². The Morgan fingerprint density at radius 3 is 2.28 bits per heavy atom. The highest BCUT2D eigenvalue weighted by molar-refractivity contribution is 5.81. The zero-order valence-electron chi connectivity index (χ0n) is 16.8. The molecule has 0 aliphatic carbocycles. The van der Waals surface area contributed by atoms with E-state index in [0.717, 1.165) is 22.4 Å². The lowest BCUT2D eigenvalue weighted by atomic mass is 9.89. The van der Waals surface area contributed by atoms with Gasteiger partial charge in [0.05, 0.1) is 40.2 Å². The van der Waals surface area contributed by atoms with Crippen molar-refractivity contribution in [2.45, 2.75) is 25.3 Å². The quantitative estimate of drug-likeness (QED) is 0.771. The third kappa shape index (κ3) is 4.45. The van der Waals surface area contributed by atoms with E-state index >= 15 is 0 Å². The number of carboxylic acids is 1. The van der Waals surface area contributed by atoms with E-state index in [1.165, 1.54) is 7.11 Å². The van der Waals surface area contributed by atoms with Crippen LogP contribution in [-0.2, 0) is 22.4 Å². The summed E-state index contributed by atoms with van der Waals surface area (Å²) < 4.78 is 15.9. The lowest BCUT2D eigenvalue weighted by Crippen LogP contribution is -2.41. The Labute approximate surface area is 169 Å². The summed E-state index contributed by atoms with van der Waals surface area (Å²) in [4.78, 5) is 26.3. The van der Waals surface area contributed by atoms with Gasteiger partial charge < -0.3 is 24.2 Å². The Morgan fingerprint density at radius 1 is 1.03 bits per heavy atom. The van der Waals surface area contributed by atoms with E-state index in [1.54, 1.807) is 37.3 Å². The molecular weight excluding hydrogens is 374 g/mol. The number of nitrogens with zero attached hydrogens (tertiary/aromatic N) is 1. The molecule has 1 aliphatic rings. The number of carbonyl (C=O) groups is 2. The van der Waals surface area contributed by atoms with Gasteiger partial charge in [0.1, 0.15) is 5.75 Å². The van der Waals surface area contributed by atoms with Crippen LogP contribution in [0.3, 0.4) is 0 Å². The fourth-order valence-electron chi connectivity index (χ4n) is 3.73. The third-order valence-electron chi connectivity index (χ3n) is 5.21. The number of ether oxygens (including phenoxy) is 3. The van der Waals surface area contributed by atoms with Crippen molar-refractivity contribution in [3.05, 3.63) is 53.1 Å². The summed E-state index contributed by atoms with van der Waals surface area (Å²) in [6.07, 6.45) is 0.653. The van der Waals surface area contributed by atoms with E-state index in [4.69, 9.17) is 14.2 Å². The molecule has 3 rings (SSSR count). The minimum atomic E-state index is -0.958. The van der Waals surface area contributed by atoms with Crippen LogP contribution >= 0.6 is 0 Å². The zero-order chi connectivity index (χ0) is 21.0. The molecule has 2 aromatic carbocycles. The Balaban J connectivity index is 1.90. The van der Waals surface area contributed by atoms with Gasteiger partial charge in [0.15, 0.2) is 11.5 Å². The summed E-state index contributed by atoms with van der Waals surface area (Å²) in [5.74, 6) is 0.768. The molecule has 1 N–H and O–H groups in total. The monoisotopic (exact) mass is 399 g/mol. The molecule has 1 amide bonds. The smallest absolute Gasteiger partial charge is 0.305 e. The Hall–Kier alpha value is -3.22. The molecule has 0 saturated carbocycles. The van der Waals surface area contributed by atoms with E-state index in [9.17, 15) is 14.7 Å². The number of hydrogen-bond acceptors (Lipinski definition) is 5. The maximum absolute atomic E-state index is 13.0. The fraction of sp³-hybridized carbons (Fsp3) is 0.364. The molecule has 29 heavy (non-hydrogen) atoms. The summed E-state index contributed by atoms with van der Waals surface area (Å²) in [7, 11) is 4.68. The van der Waals surface area contributed by atoms with Crippen LogP contribution in [-0.4, -0.2) is 49.8 Å². The number of hydrogen-bond donors (Lipinski definition) is 1. The second-order valence-electron chi connectivity index (χ2n) is 6.88. The number of methoxy groups -OCH3 is 3. The van der Waals surface area contributed by atoms with Crippen LogP contribution in [0, 0.1) is 0 Å². The number of carboxylic acid groups (broad SMARTS) is 1. The van der Waals surface area contributed by atoms with Gasteiger partial charge in [-0.3, -0.25) is 9.59 Å². The molecule has 1 heterocycles. The minimum Gasteiger partial charge on any atom is -0.497 e. The number of aliphatic carboxylic acids is 1. The highest BCUT2D eigenvalue weighted by atomic mass is 16.5. The molecule has 7 nitrogen and oxygen atoms in total. The molecule has 0 fully saturated rings. The molecule has 7 heteroatoms. The number of amides is 1. The van der Waals surface area contributed by atoms with Gasteiger partial charge >= 0.3 is 5.97 Å². The summed E-state index contributed by atoms with van der Waals surface area (Å²) in [5, 5.41) is 9.46. The van der Waals surface area contributed by atoms with Crippen molar-refractivity contribution in [3.63, 3.8) is 0 Å². The first-order valence-corrected chi connectivity index (χ1v) is 9.35. The van der Waals surface area contributed by atoms with Gasteiger partial charge in [-0.1, -0.05) is 12.1 Å². The zero-order valence-corrected chi connectivity index (χ0v) is 16.8. The summed E-state index contributed by atoms with van der Waals surface area (Å²) >= 11 is 0. The minimum absolute atomic E-state index is 0.109. The maximum Gasteiger partial charge on any atom is 0.305 e. The normalized spacial score (nSPS) is 15.4. The number of fused-ring (bicyclic) bond motifs is 1. The van der Waals surface area contributed by atoms with Crippen molar-refractivity contribution in [3.8, 4) is 17.2 Å². The lowest BCUT2D eigenvalue weighted by molar-refractivity contribution is -0.141. The van der Waals surface area contributed by atoms with Gasteiger partial charge in [-0.05, 0) is 47.4 Å². The predicted molar refractivity (Wildman–Crippen MR) is 107 cm³/mol. The van der Waals surface area contributed by atoms with E-state index < -0.39 is 12.0 Å². The van der Waals surface area contributed by atoms with Crippen LogP contribution < -0.4 is 14.2 Å². The van der Waals surface area contributed by atoms with Gasteiger partial charge in [0.2, 0.25) is 5.91 Å². The third-order valence-corrected chi connectivity index (χ3v) is 5.21. The molecule has 0 radical (unpaired) electrons. The number of carbonyl (C=O) groups excluding carboxylic acids is 1. The highest BCUT2D eigenvalue weighted by Gasteiger charge is 2.33. The molecule has 154 valence electrons. The number of benzene rings is 2. The second kappa shape index (κ2) is 8.86. The van der Waals surface area contributed by atoms with Gasteiger partial charge in [-0.2, -0.15) is 0 Å². The van der Waals surface area contributed by atoms with E-state index in [1.807, 2.05) is 18.2 Å². The summed E-state index contributed by atoms with van der Waals surface area (Å²) in [6, 6.07) is 10.4. The van der Waals surface area contributed by atoms with E-state index in [2.05, 4.69) is 0 Å². The molecule has 2 aromatic rings. The summed E-state index contributed by atoms with van der Waals surface area (Å²) in [5.41, 5.74) is 2.62. The van der Waals surface area contributed by atoms with Crippen molar-refractivity contribution in [1.29, 1.82) is 0 Å². The Morgan fingerprint density at radius 2 is 1.69 bits per heavy atom. The van der Waals surface area contributed by atoms with Crippen LogP contribution in [0.25, 0.3) is 0 Å². The summed E-state index contributed by atoms with van der Waals surface area (Å²) in [6.45, 7) is 0.454. The van der Waals surface area contributed by atoms with Gasteiger partial charge in [-0.15, -0.1) is 0 Å². The Bertz CT molecular complexity index is 893. The second-order valence-corrected chi connectivity index (χ2v) is 6.88. The van der Waals surface area contributed by atoms with E-state index in [-0.39, 0.29) is 18.7 Å². The lowest BCUT2D eigenvalue weighted by Gasteiger charge is -2.37. The SMILES string of the molecule is COc1ccc(CC(=O)N2CCc3cc(OC)c(OC)cc3C2CC(=O)O)cc1. The molecular formula is C22H25NO6. The standard InChI is InChI=1S/C22H25NO6/c1-27-16-6-4-14(5-7-16)10-21(24)23-9-8-15-11-19(28-2)20(29-3)12-17(15)18(23)13-22(25)26/h4-7,11-12,18H,8-10,13H2,1-3H3,(H,25,26). The number of rotatable bonds is 7. The highest BCUT2D eigenvalue weighted by Crippen LogP contribution is 2.39. The van der Waals surface area contributed by atoms with Crippen molar-refractivity contribution < 1.29 is 28.9 Å². The van der Waals surface area contributed by atoms with Crippen LogP contribution in [0.15, 0.2) is 36.4 Å². The fourth-order valence-corrected chi connectivity index (χ4v) is 3.73. The van der Waals surface area contributed by atoms with Crippen LogP contribution in [0.2, 0.25) is 0 Å². The average Bonchev–Trinajstić information content (AvgIpc) is 2.73. The molecule has 1 unspecified atom stereocenters. The molecule has 0 aromatic heterocycles. The van der Waals surface area contributed by atoms with Gasteiger partial charge in [0.25, 0.3) is 0 Å². The molecule has 1 atom stereocenters. The maximum atomic E-state index is 13.0.